The van der Waals surface area contributed by atoms with Crippen LogP contribution in [0.15, 0.2) is 24.3 Å². The number of benzene rings is 1. The number of hydrogen-bond acceptors (Lipinski definition) is 3. The molecular formula is C18H27ClN2O3. The summed E-state index contributed by atoms with van der Waals surface area (Å²) in [6, 6.07) is 6.79. The van der Waals surface area contributed by atoms with Crippen molar-refractivity contribution in [1.82, 2.24) is 10.2 Å². The van der Waals surface area contributed by atoms with Gasteiger partial charge in [0.15, 0.2) is 0 Å². The van der Waals surface area contributed by atoms with Crippen molar-refractivity contribution in [1.29, 1.82) is 0 Å². The molecule has 1 atom stereocenters. The molecule has 24 heavy (non-hydrogen) atoms. The van der Waals surface area contributed by atoms with Gasteiger partial charge in [-0.05, 0) is 37.5 Å². The number of ether oxygens (including phenoxy) is 1. The average Bonchev–Trinajstić information content (AvgIpc) is 2.57. The Bertz CT molecular complexity index is 520. The molecule has 0 bridgehead atoms. The van der Waals surface area contributed by atoms with Gasteiger partial charge in [-0.3, -0.25) is 9.59 Å². The summed E-state index contributed by atoms with van der Waals surface area (Å²) >= 11 is 5.90. The molecule has 2 amide bonds. The lowest BCUT2D eigenvalue weighted by Crippen LogP contribution is -2.47. The number of rotatable bonds is 10. The van der Waals surface area contributed by atoms with Crippen molar-refractivity contribution in [3.63, 3.8) is 0 Å². The van der Waals surface area contributed by atoms with Crippen LogP contribution in [-0.4, -0.2) is 43.0 Å². The quantitative estimate of drug-likeness (QED) is 0.657. The van der Waals surface area contributed by atoms with Crippen molar-refractivity contribution in [2.75, 3.05) is 20.3 Å². The summed E-state index contributed by atoms with van der Waals surface area (Å²) < 4.78 is 4.96. The van der Waals surface area contributed by atoms with Crippen LogP contribution in [-0.2, 0) is 20.9 Å². The van der Waals surface area contributed by atoms with E-state index >= 15 is 0 Å². The van der Waals surface area contributed by atoms with Crippen molar-refractivity contribution >= 4 is 23.4 Å². The first kappa shape index (κ1) is 20.5. The molecule has 0 fully saturated rings. The van der Waals surface area contributed by atoms with Crippen LogP contribution in [0.25, 0.3) is 0 Å². The second-order valence-electron chi connectivity index (χ2n) is 5.71. The van der Waals surface area contributed by atoms with Crippen molar-refractivity contribution < 1.29 is 14.3 Å². The van der Waals surface area contributed by atoms with Crippen LogP contribution in [0.4, 0.5) is 0 Å². The summed E-state index contributed by atoms with van der Waals surface area (Å²) in [5, 5.41) is 3.50. The van der Waals surface area contributed by atoms with E-state index in [4.69, 9.17) is 16.3 Å². The minimum absolute atomic E-state index is 0.0213. The summed E-state index contributed by atoms with van der Waals surface area (Å²) in [4.78, 5) is 26.4. The van der Waals surface area contributed by atoms with Gasteiger partial charge in [-0.25, -0.2) is 0 Å². The van der Waals surface area contributed by atoms with Gasteiger partial charge in [0.2, 0.25) is 11.8 Å². The lowest BCUT2D eigenvalue weighted by molar-refractivity contribution is -0.140. The highest BCUT2D eigenvalue weighted by Gasteiger charge is 2.25. The topological polar surface area (TPSA) is 58.6 Å². The molecule has 1 N–H and O–H groups in total. The zero-order valence-corrected chi connectivity index (χ0v) is 15.4. The third kappa shape index (κ3) is 6.89. The van der Waals surface area contributed by atoms with Gasteiger partial charge in [0, 0.05) is 38.2 Å². The zero-order valence-electron chi connectivity index (χ0n) is 14.7. The van der Waals surface area contributed by atoms with E-state index in [9.17, 15) is 9.59 Å². The van der Waals surface area contributed by atoms with Crippen molar-refractivity contribution in [3.05, 3.63) is 34.9 Å². The van der Waals surface area contributed by atoms with Crippen LogP contribution in [0.1, 0.15) is 38.7 Å². The first-order chi connectivity index (χ1) is 11.5. The number of halogens is 1. The van der Waals surface area contributed by atoms with Crippen LogP contribution < -0.4 is 5.32 Å². The fourth-order valence-corrected chi connectivity index (χ4v) is 2.43. The van der Waals surface area contributed by atoms with Crippen LogP contribution >= 0.6 is 11.6 Å². The smallest absolute Gasteiger partial charge is 0.242 e. The van der Waals surface area contributed by atoms with Gasteiger partial charge in [0.05, 0.1) is 0 Å². The fraction of sp³-hybridized carbons (Fsp3) is 0.556. The Kier molecular flexibility index (Phi) is 9.42. The zero-order chi connectivity index (χ0) is 17.9. The Morgan fingerprint density at radius 1 is 1.29 bits per heavy atom. The van der Waals surface area contributed by atoms with Gasteiger partial charge >= 0.3 is 0 Å². The van der Waals surface area contributed by atoms with E-state index in [0.29, 0.717) is 31.1 Å². The molecule has 0 aliphatic carbocycles. The predicted molar refractivity (Wildman–Crippen MR) is 95.9 cm³/mol. The summed E-state index contributed by atoms with van der Waals surface area (Å²) in [6.07, 6.45) is 1.92. The maximum atomic E-state index is 12.4. The molecule has 5 nitrogen and oxygen atoms in total. The molecule has 0 saturated carbocycles. The van der Waals surface area contributed by atoms with Crippen molar-refractivity contribution in [2.45, 2.75) is 45.7 Å². The summed E-state index contributed by atoms with van der Waals surface area (Å²) in [5.41, 5.74) is 0.947. The van der Waals surface area contributed by atoms with Crippen LogP contribution in [0.2, 0.25) is 5.02 Å². The Hall–Kier alpha value is -1.59. The molecule has 134 valence electrons. The third-order valence-corrected chi connectivity index (χ3v) is 3.97. The molecule has 0 heterocycles. The second-order valence-corrected chi connectivity index (χ2v) is 6.15. The Morgan fingerprint density at radius 3 is 2.54 bits per heavy atom. The number of hydrogen-bond donors (Lipinski definition) is 1. The Morgan fingerprint density at radius 2 is 1.96 bits per heavy atom. The standard InChI is InChI=1S/C18H27ClN2O3/c1-4-6-17(22)21(13-15-7-9-16(19)10-8-15)14(2)18(23)20-11-5-12-24-3/h7-10,14H,4-6,11-13H2,1-3H3,(H,20,23)/t14-/m0/s1. The first-order valence-electron chi connectivity index (χ1n) is 8.30. The maximum absolute atomic E-state index is 12.4. The third-order valence-electron chi connectivity index (χ3n) is 3.72. The number of nitrogens with zero attached hydrogens (tertiary/aromatic N) is 1. The number of carbonyl (C=O) groups is 2. The van der Waals surface area contributed by atoms with Gasteiger partial charge < -0.3 is 15.0 Å². The largest absolute Gasteiger partial charge is 0.385 e. The molecule has 0 aromatic heterocycles. The second kappa shape index (κ2) is 11.0. The van der Waals surface area contributed by atoms with Gasteiger partial charge in [0.1, 0.15) is 6.04 Å². The molecule has 1 aromatic carbocycles. The first-order valence-corrected chi connectivity index (χ1v) is 8.68. The molecule has 0 radical (unpaired) electrons. The van der Waals surface area contributed by atoms with Gasteiger partial charge in [-0.2, -0.15) is 0 Å². The van der Waals surface area contributed by atoms with Crippen LogP contribution in [0.3, 0.4) is 0 Å². The van der Waals surface area contributed by atoms with Gasteiger partial charge in [0.25, 0.3) is 0 Å². The van der Waals surface area contributed by atoms with Crippen molar-refractivity contribution in [2.24, 2.45) is 0 Å². The molecule has 6 heteroatoms. The van der Waals surface area contributed by atoms with E-state index < -0.39 is 6.04 Å². The maximum Gasteiger partial charge on any atom is 0.242 e. The minimum atomic E-state index is -0.526. The number of carbonyl (C=O) groups excluding carboxylic acids is 2. The van der Waals surface area contributed by atoms with Crippen molar-refractivity contribution in [3.8, 4) is 0 Å². The molecule has 1 rings (SSSR count). The summed E-state index contributed by atoms with van der Waals surface area (Å²) in [5.74, 6) is -0.170. The SMILES string of the molecule is CCCC(=O)N(Cc1ccc(Cl)cc1)[C@@H](C)C(=O)NCCCOC. The molecule has 1 aromatic rings. The van der Waals surface area contributed by atoms with Gasteiger partial charge in [-0.15, -0.1) is 0 Å². The van der Waals surface area contributed by atoms with E-state index in [1.807, 2.05) is 19.1 Å². The molecule has 0 aliphatic rings. The average molecular weight is 355 g/mol. The van der Waals surface area contributed by atoms with E-state index in [1.165, 1.54) is 0 Å². The highest BCUT2D eigenvalue weighted by Crippen LogP contribution is 2.14. The molecular weight excluding hydrogens is 328 g/mol. The van der Waals surface area contributed by atoms with E-state index in [-0.39, 0.29) is 11.8 Å². The van der Waals surface area contributed by atoms with E-state index in [2.05, 4.69) is 5.32 Å². The van der Waals surface area contributed by atoms with Gasteiger partial charge in [-0.1, -0.05) is 30.7 Å². The number of amides is 2. The molecule has 0 saturated heterocycles. The number of nitrogens with one attached hydrogen (secondary N) is 1. The lowest BCUT2D eigenvalue weighted by Gasteiger charge is -2.28. The van der Waals surface area contributed by atoms with Crippen LogP contribution in [0.5, 0.6) is 0 Å². The highest BCUT2D eigenvalue weighted by atomic mass is 35.5. The monoisotopic (exact) mass is 354 g/mol. The summed E-state index contributed by atoms with van der Waals surface area (Å²) in [7, 11) is 1.63. The molecule has 0 aliphatic heterocycles. The molecule has 0 unspecified atom stereocenters. The van der Waals surface area contributed by atoms with Crippen LogP contribution in [0, 0.1) is 0 Å². The fourth-order valence-electron chi connectivity index (χ4n) is 2.30. The molecule has 0 spiro atoms. The number of methoxy groups -OCH3 is 1. The normalized spacial score (nSPS) is 11.8. The highest BCUT2D eigenvalue weighted by molar-refractivity contribution is 6.30. The Labute approximate surface area is 149 Å². The predicted octanol–water partition coefficient (Wildman–Crippen LogP) is 3.01. The Balaban J connectivity index is 2.74. The van der Waals surface area contributed by atoms with E-state index in [0.717, 1.165) is 18.4 Å². The lowest BCUT2D eigenvalue weighted by atomic mass is 10.1. The van der Waals surface area contributed by atoms with E-state index in [1.54, 1.807) is 31.1 Å². The minimum Gasteiger partial charge on any atom is -0.385 e. The summed E-state index contributed by atoms with van der Waals surface area (Å²) in [6.45, 7) is 5.23.